The average molecular weight is 278 g/mol. The lowest BCUT2D eigenvalue weighted by atomic mass is 10.3. The van der Waals surface area contributed by atoms with Gasteiger partial charge in [0.2, 0.25) is 0 Å². The molecule has 0 saturated heterocycles. The van der Waals surface area contributed by atoms with Gasteiger partial charge in [0.05, 0.1) is 0 Å². The van der Waals surface area contributed by atoms with E-state index >= 15 is 0 Å². The maximum atomic E-state index is 5.85. The summed E-state index contributed by atoms with van der Waals surface area (Å²) in [5.74, 6) is 2.23. The SMILES string of the molecule is C=C=COc1ccccc1Oc1ccccc1OC=C=C. The van der Waals surface area contributed by atoms with Crippen LogP contribution in [0, 0.1) is 0 Å². The summed E-state index contributed by atoms with van der Waals surface area (Å²) in [6.07, 6.45) is 2.73. The van der Waals surface area contributed by atoms with E-state index in [0.717, 1.165) is 0 Å². The Morgan fingerprint density at radius 2 is 1.05 bits per heavy atom. The number of ether oxygens (including phenoxy) is 3. The molecule has 3 heteroatoms. The van der Waals surface area contributed by atoms with E-state index in [0.29, 0.717) is 23.0 Å². The highest BCUT2D eigenvalue weighted by Crippen LogP contribution is 2.36. The molecule has 0 aliphatic carbocycles. The van der Waals surface area contributed by atoms with Crippen molar-refractivity contribution in [1.29, 1.82) is 0 Å². The van der Waals surface area contributed by atoms with Crippen molar-refractivity contribution in [2.75, 3.05) is 0 Å². The van der Waals surface area contributed by atoms with E-state index in [1.807, 2.05) is 24.3 Å². The van der Waals surface area contributed by atoms with Crippen LogP contribution in [0.3, 0.4) is 0 Å². The summed E-state index contributed by atoms with van der Waals surface area (Å²) in [7, 11) is 0. The fourth-order valence-corrected chi connectivity index (χ4v) is 1.59. The zero-order chi connectivity index (χ0) is 14.9. The molecule has 0 fully saturated rings. The van der Waals surface area contributed by atoms with Crippen molar-refractivity contribution in [2.24, 2.45) is 0 Å². The van der Waals surface area contributed by atoms with Crippen LogP contribution in [0.1, 0.15) is 0 Å². The van der Waals surface area contributed by atoms with E-state index < -0.39 is 0 Å². The van der Waals surface area contributed by atoms with E-state index in [2.05, 4.69) is 24.6 Å². The van der Waals surface area contributed by atoms with Crippen LogP contribution < -0.4 is 14.2 Å². The van der Waals surface area contributed by atoms with Crippen LogP contribution >= 0.6 is 0 Å². The van der Waals surface area contributed by atoms with Crippen LogP contribution in [-0.4, -0.2) is 0 Å². The standard InChI is InChI=1S/C18H14O3/c1-3-13-19-15-9-5-7-11-17(15)21-18-12-8-6-10-16(18)20-14-4-2/h5-14H,1-2H2. The van der Waals surface area contributed by atoms with Crippen LogP contribution in [-0.2, 0) is 0 Å². The Labute approximate surface area is 123 Å². The fraction of sp³-hybridized carbons (Fsp3) is 0. The van der Waals surface area contributed by atoms with Crippen LogP contribution in [0.25, 0.3) is 0 Å². The first-order chi connectivity index (χ1) is 10.3. The van der Waals surface area contributed by atoms with E-state index in [-0.39, 0.29) is 0 Å². The molecule has 2 rings (SSSR count). The Morgan fingerprint density at radius 3 is 1.43 bits per heavy atom. The summed E-state index contributed by atoms with van der Waals surface area (Å²) in [6.45, 7) is 6.91. The number of rotatable bonds is 6. The first kappa shape index (κ1) is 14.3. The minimum atomic E-state index is 0.558. The summed E-state index contributed by atoms with van der Waals surface area (Å²) in [5.41, 5.74) is 5.10. The van der Waals surface area contributed by atoms with Crippen molar-refractivity contribution in [2.45, 2.75) is 0 Å². The Morgan fingerprint density at radius 1 is 0.667 bits per heavy atom. The third kappa shape index (κ3) is 3.92. The second-order valence-electron chi connectivity index (χ2n) is 3.88. The van der Waals surface area contributed by atoms with E-state index in [1.165, 1.54) is 12.5 Å². The van der Waals surface area contributed by atoms with Crippen LogP contribution in [0.15, 0.2) is 85.7 Å². The van der Waals surface area contributed by atoms with Gasteiger partial charge in [-0.2, -0.15) is 0 Å². The number of hydrogen-bond acceptors (Lipinski definition) is 3. The van der Waals surface area contributed by atoms with Crippen molar-refractivity contribution >= 4 is 0 Å². The van der Waals surface area contributed by atoms with Gasteiger partial charge in [0, 0.05) is 0 Å². The zero-order valence-electron chi connectivity index (χ0n) is 11.4. The third-order valence-electron chi connectivity index (χ3n) is 2.46. The number of benzene rings is 2. The second kappa shape index (κ2) is 7.46. The van der Waals surface area contributed by atoms with Gasteiger partial charge in [-0.25, -0.2) is 0 Å². The molecule has 0 aliphatic rings. The lowest BCUT2D eigenvalue weighted by Gasteiger charge is -2.12. The average Bonchev–Trinajstić information content (AvgIpc) is 2.53. The Bertz CT molecular complexity index is 644. The lowest BCUT2D eigenvalue weighted by molar-refractivity contribution is 0.393. The molecule has 0 radical (unpaired) electrons. The highest BCUT2D eigenvalue weighted by atomic mass is 16.5. The molecule has 2 aromatic rings. The van der Waals surface area contributed by atoms with Gasteiger partial charge in [0.15, 0.2) is 23.0 Å². The van der Waals surface area contributed by atoms with Crippen molar-refractivity contribution in [3.8, 4) is 23.0 Å². The van der Waals surface area contributed by atoms with Gasteiger partial charge in [0.25, 0.3) is 0 Å². The normalized spacial score (nSPS) is 8.95. The van der Waals surface area contributed by atoms with Gasteiger partial charge in [-0.05, 0) is 24.3 Å². The molecule has 104 valence electrons. The molecule has 0 aromatic heterocycles. The second-order valence-corrected chi connectivity index (χ2v) is 3.88. The predicted octanol–water partition coefficient (Wildman–Crippen LogP) is 4.83. The summed E-state index contributed by atoms with van der Waals surface area (Å²) in [4.78, 5) is 0. The van der Waals surface area contributed by atoms with Gasteiger partial charge in [-0.3, -0.25) is 0 Å². The molecule has 0 aliphatic heterocycles. The molecule has 0 N–H and O–H groups in total. The molecule has 0 spiro atoms. The Hall–Kier alpha value is -3.12. The Kier molecular flexibility index (Phi) is 5.08. The molecule has 0 saturated carbocycles. The summed E-state index contributed by atoms with van der Waals surface area (Å²) >= 11 is 0. The molecular formula is C18H14O3. The first-order valence-corrected chi connectivity index (χ1v) is 6.23. The van der Waals surface area contributed by atoms with E-state index in [9.17, 15) is 0 Å². The van der Waals surface area contributed by atoms with Crippen molar-refractivity contribution in [3.05, 3.63) is 85.7 Å². The predicted molar refractivity (Wildman–Crippen MR) is 81.6 cm³/mol. The van der Waals surface area contributed by atoms with Crippen molar-refractivity contribution in [1.82, 2.24) is 0 Å². The largest absolute Gasteiger partial charge is 0.453 e. The smallest absolute Gasteiger partial charge is 0.170 e. The number of para-hydroxylation sites is 4. The van der Waals surface area contributed by atoms with Gasteiger partial charge in [-0.1, -0.05) is 48.9 Å². The summed E-state index contributed by atoms with van der Waals surface area (Å²) < 4.78 is 16.6. The molecule has 2 aromatic carbocycles. The molecule has 0 amide bonds. The molecule has 0 unspecified atom stereocenters. The lowest BCUT2D eigenvalue weighted by Crippen LogP contribution is -1.91. The van der Waals surface area contributed by atoms with Gasteiger partial charge in [-0.15, -0.1) is 0 Å². The minimum Gasteiger partial charge on any atom is -0.453 e. The first-order valence-electron chi connectivity index (χ1n) is 6.23. The number of hydrogen-bond donors (Lipinski definition) is 0. The van der Waals surface area contributed by atoms with Gasteiger partial charge in [0.1, 0.15) is 12.5 Å². The van der Waals surface area contributed by atoms with Crippen molar-refractivity contribution < 1.29 is 14.2 Å². The molecule has 3 nitrogen and oxygen atoms in total. The maximum Gasteiger partial charge on any atom is 0.170 e. The van der Waals surface area contributed by atoms with Crippen molar-refractivity contribution in [3.63, 3.8) is 0 Å². The van der Waals surface area contributed by atoms with E-state index in [4.69, 9.17) is 14.2 Å². The van der Waals surface area contributed by atoms with Crippen LogP contribution in [0.5, 0.6) is 23.0 Å². The zero-order valence-corrected chi connectivity index (χ0v) is 11.4. The maximum absolute atomic E-state index is 5.85. The van der Waals surface area contributed by atoms with Crippen LogP contribution in [0.4, 0.5) is 0 Å². The van der Waals surface area contributed by atoms with Gasteiger partial charge >= 0.3 is 0 Å². The minimum absolute atomic E-state index is 0.558. The fourth-order valence-electron chi connectivity index (χ4n) is 1.59. The molecule has 0 bridgehead atoms. The Balaban J connectivity index is 2.30. The van der Waals surface area contributed by atoms with Crippen LogP contribution in [0.2, 0.25) is 0 Å². The third-order valence-corrected chi connectivity index (χ3v) is 2.46. The highest BCUT2D eigenvalue weighted by molar-refractivity contribution is 5.47. The highest BCUT2D eigenvalue weighted by Gasteiger charge is 2.08. The molecule has 0 atom stereocenters. The quantitative estimate of drug-likeness (QED) is 0.559. The topological polar surface area (TPSA) is 27.7 Å². The van der Waals surface area contributed by atoms with E-state index in [1.54, 1.807) is 24.3 Å². The summed E-state index contributed by atoms with van der Waals surface area (Å²) in [5, 5.41) is 0. The van der Waals surface area contributed by atoms with Gasteiger partial charge < -0.3 is 14.2 Å². The molecule has 21 heavy (non-hydrogen) atoms. The summed E-state index contributed by atoms with van der Waals surface area (Å²) in [6, 6.07) is 14.6. The molecular weight excluding hydrogens is 264 g/mol. The molecule has 0 heterocycles. The monoisotopic (exact) mass is 278 g/mol.